The molecule has 7 heteroatoms. The number of carbonyl (C=O) groups is 1. The van der Waals surface area contributed by atoms with E-state index < -0.39 is 5.91 Å². The van der Waals surface area contributed by atoms with Crippen molar-refractivity contribution in [2.75, 3.05) is 0 Å². The van der Waals surface area contributed by atoms with Crippen molar-refractivity contribution in [2.24, 2.45) is 12.1 Å². The Labute approximate surface area is 156 Å². The van der Waals surface area contributed by atoms with Crippen molar-refractivity contribution in [3.8, 4) is 5.75 Å². The monoisotopic (exact) mass is 364 g/mol. The van der Waals surface area contributed by atoms with E-state index in [4.69, 9.17) is 0 Å². The van der Waals surface area contributed by atoms with Gasteiger partial charge in [0.1, 0.15) is 5.75 Å². The first-order valence-electron chi connectivity index (χ1n) is 8.55. The van der Waals surface area contributed by atoms with E-state index in [1.165, 1.54) is 7.05 Å². The Morgan fingerprint density at radius 2 is 1.93 bits per heavy atom. The van der Waals surface area contributed by atoms with Gasteiger partial charge in [-0.1, -0.05) is 36.8 Å². The van der Waals surface area contributed by atoms with Crippen molar-refractivity contribution < 1.29 is 9.90 Å². The molecular weight excluding hydrogens is 344 g/mol. The molecule has 0 fully saturated rings. The lowest BCUT2D eigenvalue weighted by Gasteiger charge is -2.09. The van der Waals surface area contributed by atoms with Crippen LogP contribution in [-0.2, 0) is 7.05 Å². The second-order valence-corrected chi connectivity index (χ2v) is 6.20. The van der Waals surface area contributed by atoms with Gasteiger partial charge in [-0.2, -0.15) is 10.2 Å². The molecule has 1 aromatic heterocycles. The molecule has 2 N–H and O–H groups in total. The smallest absolute Gasteiger partial charge is 0.292 e. The highest BCUT2D eigenvalue weighted by Crippen LogP contribution is 2.20. The highest BCUT2D eigenvalue weighted by Gasteiger charge is 2.16. The Hall–Kier alpha value is -3.48. The predicted molar refractivity (Wildman–Crippen MR) is 104 cm³/mol. The molecule has 1 heterocycles. The fourth-order valence-corrected chi connectivity index (χ4v) is 2.85. The van der Waals surface area contributed by atoms with Crippen LogP contribution in [-0.4, -0.2) is 26.5 Å². The summed E-state index contributed by atoms with van der Waals surface area (Å²) < 4.78 is 1.13. The number of amides is 1. The molecule has 2 aromatic carbocycles. The summed E-state index contributed by atoms with van der Waals surface area (Å²) in [6, 6.07) is 12.0. The third-order valence-electron chi connectivity index (χ3n) is 4.26. The van der Waals surface area contributed by atoms with E-state index in [1.54, 1.807) is 36.4 Å². The van der Waals surface area contributed by atoms with Crippen LogP contribution in [0.25, 0.3) is 10.8 Å². The predicted octanol–water partition coefficient (Wildman–Crippen LogP) is 2.49. The van der Waals surface area contributed by atoms with Crippen LogP contribution in [0.1, 0.15) is 35.0 Å². The van der Waals surface area contributed by atoms with Gasteiger partial charge in [-0.05, 0) is 31.5 Å². The van der Waals surface area contributed by atoms with Crippen LogP contribution in [0.4, 0.5) is 0 Å². The van der Waals surface area contributed by atoms with Gasteiger partial charge < -0.3 is 5.11 Å². The molecule has 138 valence electrons. The number of nitrogens with zero attached hydrogens (tertiary/aromatic N) is 3. The van der Waals surface area contributed by atoms with E-state index in [-0.39, 0.29) is 17.0 Å². The summed E-state index contributed by atoms with van der Waals surface area (Å²) in [5.74, 6) is -0.430. The number of rotatable bonds is 4. The Morgan fingerprint density at radius 1 is 1.22 bits per heavy atom. The molecule has 0 spiro atoms. The molecule has 7 nitrogen and oxygen atoms in total. The zero-order valence-electron chi connectivity index (χ0n) is 15.4. The van der Waals surface area contributed by atoms with Crippen LogP contribution in [0.2, 0.25) is 0 Å². The fraction of sp³-hybridized carbons (Fsp3) is 0.200. The second-order valence-electron chi connectivity index (χ2n) is 6.20. The Morgan fingerprint density at radius 3 is 2.63 bits per heavy atom. The molecule has 0 aliphatic heterocycles. The van der Waals surface area contributed by atoms with Crippen molar-refractivity contribution in [3.63, 3.8) is 0 Å². The van der Waals surface area contributed by atoms with Gasteiger partial charge in [0.25, 0.3) is 11.5 Å². The van der Waals surface area contributed by atoms with Crippen molar-refractivity contribution in [1.29, 1.82) is 0 Å². The van der Waals surface area contributed by atoms with Crippen LogP contribution in [0.3, 0.4) is 0 Å². The van der Waals surface area contributed by atoms with Crippen LogP contribution in [0, 0.1) is 6.92 Å². The number of phenols is 1. The van der Waals surface area contributed by atoms with E-state index in [0.29, 0.717) is 28.5 Å². The molecule has 0 saturated carbocycles. The minimum atomic E-state index is -0.528. The maximum Gasteiger partial charge on any atom is 0.292 e. The summed E-state index contributed by atoms with van der Waals surface area (Å²) in [5.41, 5.74) is 4.41. The molecule has 3 aromatic rings. The van der Waals surface area contributed by atoms with E-state index >= 15 is 0 Å². The van der Waals surface area contributed by atoms with Crippen LogP contribution in [0.15, 0.2) is 52.4 Å². The number of aromatic nitrogens is 2. The van der Waals surface area contributed by atoms with Gasteiger partial charge >= 0.3 is 0 Å². The number of carbonyl (C=O) groups excluding carboxylic acids is 1. The number of fused-ring (bicyclic) bond motifs is 1. The topological polar surface area (TPSA) is 96.6 Å². The molecule has 3 rings (SSSR count). The quantitative estimate of drug-likeness (QED) is 0.549. The van der Waals surface area contributed by atoms with Gasteiger partial charge in [0, 0.05) is 18.0 Å². The van der Waals surface area contributed by atoms with Gasteiger partial charge in [-0.3, -0.25) is 9.59 Å². The second kappa shape index (κ2) is 7.41. The van der Waals surface area contributed by atoms with Crippen LogP contribution in [0.5, 0.6) is 5.75 Å². The lowest BCUT2D eigenvalue weighted by atomic mass is 10.0. The molecule has 0 radical (unpaired) electrons. The lowest BCUT2D eigenvalue weighted by molar-refractivity contribution is 0.0949. The van der Waals surface area contributed by atoms with Gasteiger partial charge in [0.15, 0.2) is 5.69 Å². The standard InChI is InChI=1S/C20H20N4O3/c1-4-16(15-11-12(2)9-10-17(15)25)21-22-19(26)18-13-7-5-6-8-14(13)20(27)24(3)23-18/h5-11,25H,4H2,1-3H3,(H,22,26)/b21-16+. The molecule has 0 aliphatic rings. The summed E-state index contributed by atoms with van der Waals surface area (Å²) >= 11 is 0. The zero-order valence-corrected chi connectivity index (χ0v) is 15.4. The number of hydrazone groups is 1. The van der Waals surface area contributed by atoms with Crippen LogP contribution < -0.4 is 11.0 Å². The summed E-state index contributed by atoms with van der Waals surface area (Å²) in [4.78, 5) is 24.9. The normalized spacial score (nSPS) is 11.6. The first kappa shape index (κ1) is 18.3. The number of aromatic hydroxyl groups is 1. The highest BCUT2D eigenvalue weighted by atomic mass is 16.3. The molecule has 0 atom stereocenters. The number of aryl methyl sites for hydroxylation is 2. The Bertz CT molecular complexity index is 1120. The summed E-state index contributed by atoms with van der Waals surface area (Å²) in [5, 5.41) is 19.2. The summed E-state index contributed by atoms with van der Waals surface area (Å²) in [6.07, 6.45) is 0.513. The molecule has 0 saturated heterocycles. The van der Waals surface area contributed by atoms with Gasteiger partial charge in [-0.25, -0.2) is 10.1 Å². The molecule has 0 unspecified atom stereocenters. The highest BCUT2D eigenvalue weighted by molar-refractivity contribution is 6.07. The first-order chi connectivity index (χ1) is 12.9. The molecule has 0 bridgehead atoms. The first-order valence-corrected chi connectivity index (χ1v) is 8.55. The average Bonchev–Trinajstić information content (AvgIpc) is 2.67. The number of hydrogen-bond acceptors (Lipinski definition) is 5. The number of hydrogen-bond donors (Lipinski definition) is 2. The van der Waals surface area contributed by atoms with E-state index in [0.717, 1.165) is 10.2 Å². The molecule has 1 amide bonds. The minimum absolute atomic E-state index is 0.0983. The Kier molecular flexibility index (Phi) is 5.03. The minimum Gasteiger partial charge on any atom is -0.507 e. The summed E-state index contributed by atoms with van der Waals surface area (Å²) in [7, 11) is 1.50. The zero-order chi connectivity index (χ0) is 19.6. The maximum absolute atomic E-state index is 12.7. The van der Waals surface area contributed by atoms with E-state index in [9.17, 15) is 14.7 Å². The van der Waals surface area contributed by atoms with Crippen LogP contribution >= 0.6 is 0 Å². The van der Waals surface area contributed by atoms with E-state index in [2.05, 4.69) is 15.6 Å². The Balaban J connectivity index is 1.99. The fourth-order valence-electron chi connectivity index (χ4n) is 2.85. The summed E-state index contributed by atoms with van der Waals surface area (Å²) in [6.45, 7) is 3.79. The number of benzene rings is 2. The van der Waals surface area contributed by atoms with Gasteiger partial charge in [-0.15, -0.1) is 0 Å². The molecule has 0 aliphatic carbocycles. The van der Waals surface area contributed by atoms with Gasteiger partial charge in [0.05, 0.1) is 11.1 Å². The SMILES string of the molecule is CC/C(=N\NC(=O)c1nn(C)c(=O)c2ccccc12)c1cc(C)ccc1O. The van der Waals surface area contributed by atoms with Gasteiger partial charge in [0.2, 0.25) is 0 Å². The van der Waals surface area contributed by atoms with Crippen molar-refractivity contribution in [3.05, 3.63) is 69.6 Å². The van der Waals surface area contributed by atoms with Crippen molar-refractivity contribution >= 4 is 22.4 Å². The largest absolute Gasteiger partial charge is 0.507 e. The van der Waals surface area contributed by atoms with E-state index in [1.807, 2.05) is 19.9 Å². The lowest BCUT2D eigenvalue weighted by Crippen LogP contribution is -2.27. The van der Waals surface area contributed by atoms with Crippen molar-refractivity contribution in [1.82, 2.24) is 15.2 Å². The molecule has 27 heavy (non-hydrogen) atoms. The maximum atomic E-state index is 12.7. The third kappa shape index (κ3) is 3.57. The van der Waals surface area contributed by atoms with Crippen molar-refractivity contribution in [2.45, 2.75) is 20.3 Å². The molecular formula is C20H20N4O3. The average molecular weight is 364 g/mol. The number of nitrogens with one attached hydrogen (secondary N) is 1. The third-order valence-corrected chi connectivity index (χ3v) is 4.26. The number of phenolic OH excluding ortho intramolecular Hbond substituents is 1.